The van der Waals surface area contributed by atoms with Crippen molar-refractivity contribution in [2.75, 3.05) is 12.9 Å². The van der Waals surface area contributed by atoms with Gasteiger partial charge in [0.15, 0.2) is 0 Å². The predicted octanol–water partition coefficient (Wildman–Crippen LogP) is 2.67. The smallest absolute Gasteiger partial charge is 0.118 e. The van der Waals surface area contributed by atoms with Crippen molar-refractivity contribution in [3.8, 4) is 5.75 Å². The first-order valence-electron chi connectivity index (χ1n) is 5.22. The van der Waals surface area contributed by atoms with Gasteiger partial charge in [0, 0.05) is 17.5 Å². The van der Waals surface area contributed by atoms with Crippen LogP contribution in [0.5, 0.6) is 5.75 Å². The highest BCUT2D eigenvalue weighted by Crippen LogP contribution is 2.17. The quantitative estimate of drug-likeness (QED) is 0.808. The SMILES string of the molecule is CC[C@@H](N)CSCc1ccc(OC)cc1. The average molecular weight is 225 g/mol. The summed E-state index contributed by atoms with van der Waals surface area (Å²) in [4.78, 5) is 0. The van der Waals surface area contributed by atoms with Crippen molar-refractivity contribution < 1.29 is 4.74 Å². The van der Waals surface area contributed by atoms with E-state index in [2.05, 4.69) is 19.1 Å². The van der Waals surface area contributed by atoms with Crippen LogP contribution in [0.25, 0.3) is 0 Å². The molecule has 1 atom stereocenters. The molecule has 1 rings (SSSR count). The number of nitrogens with two attached hydrogens (primary N) is 1. The van der Waals surface area contributed by atoms with Crippen molar-refractivity contribution >= 4 is 11.8 Å². The maximum absolute atomic E-state index is 5.84. The van der Waals surface area contributed by atoms with Crippen LogP contribution in [0.2, 0.25) is 0 Å². The molecule has 0 bridgehead atoms. The molecular formula is C12H19NOS. The Morgan fingerprint density at radius 2 is 2.00 bits per heavy atom. The summed E-state index contributed by atoms with van der Waals surface area (Å²) in [5, 5.41) is 0. The van der Waals surface area contributed by atoms with Gasteiger partial charge in [-0.15, -0.1) is 0 Å². The van der Waals surface area contributed by atoms with Crippen LogP contribution in [0.3, 0.4) is 0 Å². The molecule has 0 aliphatic rings. The van der Waals surface area contributed by atoms with E-state index in [1.165, 1.54) is 5.56 Å². The predicted molar refractivity (Wildman–Crippen MR) is 67.4 cm³/mol. The summed E-state index contributed by atoms with van der Waals surface area (Å²) in [5.74, 6) is 2.97. The zero-order valence-corrected chi connectivity index (χ0v) is 10.2. The molecule has 0 saturated carbocycles. The number of hydrogen-bond acceptors (Lipinski definition) is 3. The molecule has 0 fully saturated rings. The van der Waals surface area contributed by atoms with E-state index >= 15 is 0 Å². The Bertz CT molecular complexity index is 273. The zero-order chi connectivity index (χ0) is 11.1. The largest absolute Gasteiger partial charge is 0.497 e. The molecule has 0 spiro atoms. The van der Waals surface area contributed by atoms with Gasteiger partial charge in [0.25, 0.3) is 0 Å². The van der Waals surface area contributed by atoms with Gasteiger partial charge < -0.3 is 10.5 Å². The minimum atomic E-state index is 0.327. The van der Waals surface area contributed by atoms with Crippen LogP contribution >= 0.6 is 11.8 Å². The Hall–Kier alpha value is -0.670. The van der Waals surface area contributed by atoms with Gasteiger partial charge in [-0.2, -0.15) is 11.8 Å². The van der Waals surface area contributed by atoms with Gasteiger partial charge in [-0.05, 0) is 24.1 Å². The fourth-order valence-electron chi connectivity index (χ4n) is 1.17. The average Bonchev–Trinajstić information content (AvgIpc) is 2.29. The highest BCUT2D eigenvalue weighted by molar-refractivity contribution is 7.98. The topological polar surface area (TPSA) is 35.2 Å². The maximum Gasteiger partial charge on any atom is 0.118 e. The van der Waals surface area contributed by atoms with E-state index in [4.69, 9.17) is 10.5 Å². The lowest BCUT2D eigenvalue weighted by Crippen LogP contribution is -2.21. The number of methoxy groups -OCH3 is 1. The number of hydrogen-bond donors (Lipinski definition) is 1. The molecule has 0 aliphatic carbocycles. The normalized spacial score (nSPS) is 12.5. The van der Waals surface area contributed by atoms with Crippen molar-refractivity contribution in [1.82, 2.24) is 0 Å². The number of benzene rings is 1. The summed E-state index contributed by atoms with van der Waals surface area (Å²) in [7, 11) is 1.68. The van der Waals surface area contributed by atoms with Crippen molar-refractivity contribution in [1.29, 1.82) is 0 Å². The lowest BCUT2D eigenvalue weighted by molar-refractivity contribution is 0.414. The molecular weight excluding hydrogens is 206 g/mol. The van der Waals surface area contributed by atoms with Gasteiger partial charge in [-0.3, -0.25) is 0 Å². The number of rotatable bonds is 6. The second-order valence-corrected chi connectivity index (χ2v) is 4.56. The highest BCUT2D eigenvalue weighted by Gasteiger charge is 2.00. The van der Waals surface area contributed by atoms with Crippen molar-refractivity contribution in [2.24, 2.45) is 5.73 Å². The van der Waals surface area contributed by atoms with Crippen LogP contribution in [0.1, 0.15) is 18.9 Å². The molecule has 84 valence electrons. The third-order valence-electron chi connectivity index (χ3n) is 2.28. The van der Waals surface area contributed by atoms with Crippen LogP contribution in [-0.2, 0) is 5.75 Å². The Morgan fingerprint density at radius 3 is 2.53 bits per heavy atom. The molecule has 1 aromatic carbocycles. The summed E-state index contributed by atoms with van der Waals surface area (Å²) in [6.07, 6.45) is 1.05. The van der Waals surface area contributed by atoms with Crippen molar-refractivity contribution in [2.45, 2.75) is 25.1 Å². The highest BCUT2D eigenvalue weighted by atomic mass is 32.2. The van der Waals surface area contributed by atoms with Gasteiger partial charge in [0.1, 0.15) is 5.75 Å². The molecule has 3 heteroatoms. The van der Waals surface area contributed by atoms with Gasteiger partial charge >= 0.3 is 0 Å². The van der Waals surface area contributed by atoms with E-state index in [1.807, 2.05) is 23.9 Å². The summed E-state index contributed by atoms with van der Waals surface area (Å²) < 4.78 is 5.10. The summed E-state index contributed by atoms with van der Waals surface area (Å²) in [6, 6.07) is 8.52. The maximum atomic E-state index is 5.84. The third kappa shape index (κ3) is 4.58. The fraction of sp³-hybridized carbons (Fsp3) is 0.500. The van der Waals surface area contributed by atoms with Gasteiger partial charge in [-0.1, -0.05) is 19.1 Å². The Balaban J connectivity index is 2.31. The Labute approximate surface area is 96.2 Å². The van der Waals surface area contributed by atoms with Crippen LogP contribution in [-0.4, -0.2) is 18.9 Å². The molecule has 0 heterocycles. The first-order chi connectivity index (χ1) is 7.26. The molecule has 0 aliphatic heterocycles. The fourth-order valence-corrected chi connectivity index (χ4v) is 2.25. The molecule has 0 amide bonds. The summed E-state index contributed by atoms with van der Waals surface area (Å²) in [5.41, 5.74) is 7.17. The number of thioether (sulfide) groups is 1. The van der Waals surface area contributed by atoms with Crippen molar-refractivity contribution in [3.05, 3.63) is 29.8 Å². The summed E-state index contributed by atoms with van der Waals surface area (Å²) in [6.45, 7) is 2.12. The van der Waals surface area contributed by atoms with E-state index < -0.39 is 0 Å². The van der Waals surface area contributed by atoms with Crippen LogP contribution in [0.15, 0.2) is 24.3 Å². The Kier molecular flexibility index (Phi) is 5.58. The minimum Gasteiger partial charge on any atom is -0.497 e. The van der Waals surface area contributed by atoms with E-state index in [0.717, 1.165) is 23.7 Å². The second-order valence-electron chi connectivity index (χ2n) is 3.53. The lowest BCUT2D eigenvalue weighted by Gasteiger charge is -2.08. The first-order valence-corrected chi connectivity index (χ1v) is 6.38. The van der Waals surface area contributed by atoms with E-state index in [9.17, 15) is 0 Å². The van der Waals surface area contributed by atoms with E-state index in [1.54, 1.807) is 7.11 Å². The van der Waals surface area contributed by atoms with Crippen LogP contribution in [0.4, 0.5) is 0 Å². The molecule has 2 N–H and O–H groups in total. The van der Waals surface area contributed by atoms with Gasteiger partial charge in [-0.25, -0.2) is 0 Å². The molecule has 2 nitrogen and oxygen atoms in total. The van der Waals surface area contributed by atoms with Gasteiger partial charge in [0.2, 0.25) is 0 Å². The van der Waals surface area contributed by atoms with Crippen LogP contribution < -0.4 is 10.5 Å². The van der Waals surface area contributed by atoms with Crippen molar-refractivity contribution in [3.63, 3.8) is 0 Å². The second kappa shape index (κ2) is 6.75. The molecule has 0 unspecified atom stereocenters. The Morgan fingerprint density at radius 1 is 1.33 bits per heavy atom. The molecule has 0 aromatic heterocycles. The first kappa shape index (κ1) is 12.4. The van der Waals surface area contributed by atoms with E-state index in [-0.39, 0.29) is 0 Å². The third-order valence-corrected chi connectivity index (χ3v) is 3.49. The van der Waals surface area contributed by atoms with Gasteiger partial charge in [0.05, 0.1) is 7.11 Å². The zero-order valence-electron chi connectivity index (χ0n) is 9.40. The van der Waals surface area contributed by atoms with Crippen LogP contribution in [0, 0.1) is 0 Å². The molecule has 1 aromatic rings. The minimum absolute atomic E-state index is 0.327. The monoisotopic (exact) mass is 225 g/mol. The number of ether oxygens (including phenoxy) is 1. The summed E-state index contributed by atoms with van der Waals surface area (Å²) >= 11 is 1.89. The van der Waals surface area contributed by atoms with E-state index in [0.29, 0.717) is 6.04 Å². The molecule has 0 saturated heterocycles. The standard InChI is InChI=1S/C12H19NOS/c1-3-11(13)9-15-8-10-4-6-12(14-2)7-5-10/h4-7,11H,3,8-9,13H2,1-2H3/t11-/m1/s1. The molecule has 15 heavy (non-hydrogen) atoms. The molecule has 0 radical (unpaired) electrons. The lowest BCUT2D eigenvalue weighted by atomic mass is 10.2.